The minimum absolute atomic E-state index is 0.0305. The lowest BCUT2D eigenvalue weighted by molar-refractivity contribution is -0.143. The maximum Gasteiger partial charge on any atom is 0.305 e. The van der Waals surface area contributed by atoms with Crippen LogP contribution in [0.3, 0.4) is 0 Å². The maximum absolute atomic E-state index is 13.2. The van der Waals surface area contributed by atoms with E-state index in [-0.39, 0.29) is 42.7 Å². The first kappa shape index (κ1) is 19.2. The summed E-state index contributed by atoms with van der Waals surface area (Å²) in [6, 6.07) is 3.16. The SMILES string of the molecule is CCOC(=O)CCCOc1cc2c(cc1[OH2+])C(=O)N1C3C=CC=CC3C[C@H]1C=N2. The lowest BCUT2D eigenvalue weighted by atomic mass is 9.95. The minimum Gasteiger partial charge on any atom is -0.591 e. The first-order valence-electron chi connectivity index (χ1n) is 9.98. The predicted molar refractivity (Wildman–Crippen MR) is 109 cm³/mol. The lowest BCUT2D eigenvalue weighted by Crippen LogP contribution is -2.41. The minimum atomic E-state index is -0.259. The Labute approximate surface area is 169 Å². The van der Waals surface area contributed by atoms with Gasteiger partial charge in [-0.25, -0.2) is 0 Å². The van der Waals surface area contributed by atoms with Gasteiger partial charge in [0.2, 0.25) is 5.75 Å². The molecule has 0 spiro atoms. The number of amides is 1. The van der Waals surface area contributed by atoms with Crippen molar-refractivity contribution in [1.29, 1.82) is 0 Å². The summed E-state index contributed by atoms with van der Waals surface area (Å²) in [6.07, 6.45) is 11.6. The summed E-state index contributed by atoms with van der Waals surface area (Å²) in [4.78, 5) is 31.1. The highest BCUT2D eigenvalue weighted by molar-refractivity contribution is 6.04. The molecule has 4 rings (SSSR count). The molecule has 3 atom stereocenters. The molecule has 1 fully saturated rings. The van der Waals surface area contributed by atoms with E-state index in [2.05, 4.69) is 17.1 Å². The van der Waals surface area contributed by atoms with E-state index >= 15 is 0 Å². The van der Waals surface area contributed by atoms with Crippen LogP contribution < -0.4 is 4.74 Å². The Bertz CT molecular complexity index is 905. The van der Waals surface area contributed by atoms with Gasteiger partial charge in [-0.15, -0.1) is 0 Å². The van der Waals surface area contributed by atoms with Gasteiger partial charge in [-0.05, 0) is 19.8 Å². The fraction of sp³-hybridized carbons (Fsp3) is 0.409. The van der Waals surface area contributed by atoms with E-state index in [0.29, 0.717) is 35.9 Å². The van der Waals surface area contributed by atoms with Crippen molar-refractivity contribution in [3.8, 4) is 11.5 Å². The van der Waals surface area contributed by atoms with Crippen LogP contribution >= 0.6 is 0 Å². The summed E-state index contributed by atoms with van der Waals surface area (Å²) >= 11 is 0. The summed E-state index contributed by atoms with van der Waals surface area (Å²) in [7, 11) is 0. The van der Waals surface area contributed by atoms with Crippen LogP contribution in [0.2, 0.25) is 0 Å². The molecular weight excluding hydrogens is 372 g/mol. The van der Waals surface area contributed by atoms with Crippen LogP contribution in [-0.4, -0.2) is 53.4 Å². The molecule has 1 aromatic carbocycles. The third-order valence-electron chi connectivity index (χ3n) is 5.45. The molecule has 3 aliphatic rings. The molecule has 2 heterocycles. The molecule has 7 nitrogen and oxygen atoms in total. The van der Waals surface area contributed by atoms with Gasteiger partial charge in [0.15, 0.2) is 0 Å². The molecule has 2 N–H and O–H groups in total. The molecule has 152 valence electrons. The monoisotopic (exact) mass is 397 g/mol. The molecule has 2 unspecified atom stereocenters. The Morgan fingerprint density at radius 2 is 2.14 bits per heavy atom. The number of hydrogen-bond donors (Lipinski definition) is 0. The van der Waals surface area contributed by atoms with Crippen LogP contribution in [-0.2, 0) is 9.53 Å². The lowest BCUT2D eigenvalue weighted by Gasteiger charge is -2.28. The number of benzene rings is 1. The first-order chi connectivity index (χ1) is 14.1. The van der Waals surface area contributed by atoms with Crippen LogP contribution in [0.25, 0.3) is 0 Å². The standard InChI is InChI=1S/C22H24N2O5/c1-2-28-21(26)8-5-9-29-20-12-17-16(11-19(20)25)22(27)24-15(13-23-17)10-14-6-3-4-7-18(14)24/h3-4,6-7,11-15,18,25H,2,5,8-10H2,1H3/p+1/t14?,15-,18?/m0/s1. The number of hydrogen-bond acceptors (Lipinski definition) is 5. The molecule has 0 radical (unpaired) electrons. The second-order valence-electron chi connectivity index (χ2n) is 7.34. The zero-order chi connectivity index (χ0) is 20.4. The van der Waals surface area contributed by atoms with Crippen LogP contribution in [0, 0.1) is 5.92 Å². The largest absolute Gasteiger partial charge is 0.591 e. The molecule has 0 bridgehead atoms. The van der Waals surface area contributed by atoms with E-state index in [9.17, 15) is 9.59 Å². The fourth-order valence-electron chi connectivity index (χ4n) is 4.09. The van der Waals surface area contributed by atoms with Gasteiger partial charge in [0, 0.05) is 24.6 Å². The summed E-state index contributed by atoms with van der Waals surface area (Å²) in [5.74, 6) is 0.441. The zero-order valence-corrected chi connectivity index (χ0v) is 16.3. The van der Waals surface area contributed by atoms with Crippen molar-refractivity contribution in [3.63, 3.8) is 0 Å². The molecule has 2 aliphatic heterocycles. The number of ether oxygens (including phenoxy) is 2. The third-order valence-corrected chi connectivity index (χ3v) is 5.45. The second-order valence-corrected chi connectivity index (χ2v) is 7.34. The van der Waals surface area contributed by atoms with E-state index in [1.807, 2.05) is 23.3 Å². The van der Waals surface area contributed by atoms with Gasteiger partial charge in [0.1, 0.15) is 0 Å². The molecule has 1 amide bonds. The predicted octanol–water partition coefficient (Wildman–Crippen LogP) is 2.89. The molecular formula is C22H25N2O5+. The van der Waals surface area contributed by atoms with Crippen molar-refractivity contribution >= 4 is 23.8 Å². The van der Waals surface area contributed by atoms with Crippen molar-refractivity contribution < 1.29 is 24.2 Å². The van der Waals surface area contributed by atoms with Gasteiger partial charge < -0.3 is 19.5 Å². The molecule has 7 heteroatoms. The summed E-state index contributed by atoms with van der Waals surface area (Å²) < 4.78 is 10.6. The number of carbonyl (C=O) groups excluding carboxylic acids is 2. The van der Waals surface area contributed by atoms with Gasteiger partial charge in [-0.2, -0.15) is 0 Å². The molecule has 1 aliphatic carbocycles. The number of nitrogens with zero attached hydrogens (tertiary/aromatic N) is 2. The van der Waals surface area contributed by atoms with E-state index in [1.54, 1.807) is 13.0 Å². The number of esters is 1. The Morgan fingerprint density at radius 1 is 1.31 bits per heavy atom. The summed E-state index contributed by atoms with van der Waals surface area (Å²) in [5, 5.41) is 8.26. The van der Waals surface area contributed by atoms with Crippen molar-refractivity contribution in [3.05, 3.63) is 42.0 Å². The van der Waals surface area contributed by atoms with E-state index in [1.165, 1.54) is 6.07 Å². The smallest absolute Gasteiger partial charge is 0.305 e. The highest BCUT2D eigenvalue weighted by atomic mass is 16.5. The Hall–Kier alpha value is -3.09. The van der Waals surface area contributed by atoms with Gasteiger partial charge >= 0.3 is 5.97 Å². The number of carbonyl (C=O) groups is 2. The molecule has 0 aromatic heterocycles. The Kier molecular flexibility index (Phi) is 5.38. The van der Waals surface area contributed by atoms with Gasteiger partial charge in [-0.1, -0.05) is 24.3 Å². The Morgan fingerprint density at radius 3 is 2.97 bits per heavy atom. The topological polar surface area (TPSA) is 91.1 Å². The van der Waals surface area contributed by atoms with Gasteiger partial charge in [0.25, 0.3) is 11.7 Å². The van der Waals surface area contributed by atoms with Gasteiger partial charge in [-0.3, -0.25) is 14.6 Å². The molecule has 29 heavy (non-hydrogen) atoms. The average Bonchev–Trinajstić information content (AvgIpc) is 3.03. The van der Waals surface area contributed by atoms with Crippen molar-refractivity contribution in [2.75, 3.05) is 13.2 Å². The van der Waals surface area contributed by atoms with Crippen LogP contribution in [0.1, 0.15) is 36.5 Å². The van der Waals surface area contributed by atoms with Crippen LogP contribution in [0.15, 0.2) is 41.4 Å². The maximum atomic E-state index is 13.2. The Balaban J connectivity index is 1.49. The van der Waals surface area contributed by atoms with Crippen LogP contribution in [0.4, 0.5) is 5.69 Å². The molecule has 1 saturated heterocycles. The highest BCUT2D eigenvalue weighted by Crippen LogP contribution is 2.41. The van der Waals surface area contributed by atoms with Crippen LogP contribution in [0.5, 0.6) is 11.5 Å². The average molecular weight is 397 g/mol. The summed E-state index contributed by atoms with van der Waals surface area (Å²) in [5.41, 5.74) is 0.948. The first-order valence-corrected chi connectivity index (χ1v) is 9.98. The fourth-order valence-corrected chi connectivity index (χ4v) is 4.09. The second kappa shape index (κ2) is 8.11. The van der Waals surface area contributed by atoms with E-state index in [0.717, 1.165) is 6.42 Å². The number of aliphatic imine (C=N–C) groups is 1. The number of rotatable bonds is 6. The number of allylic oxidation sites excluding steroid dienone is 2. The van der Waals surface area contributed by atoms with Crippen molar-refractivity contribution in [2.24, 2.45) is 10.9 Å². The summed E-state index contributed by atoms with van der Waals surface area (Å²) in [6.45, 7) is 2.42. The molecule has 1 aromatic rings. The zero-order valence-electron chi connectivity index (χ0n) is 16.3. The number of fused-ring (bicyclic) bond motifs is 4. The van der Waals surface area contributed by atoms with E-state index < -0.39 is 0 Å². The molecule has 0 saturated carbocycles. The van der Waals surface area contributed by atoms with Crippen molar-refractivity contribution in [2.45, 2.75) is 38.3 Å². The highest BCUT2D eigenvalue weighted by Gasteiger charge is 2.43. The van der Waals surface area contributed by atoms with Gasteiger partial charge in [0.05, 0.1) is 42.6 Å². The van der Waals surface area contributed by atoms with E-state index in [4.69, 9.17) is 14.6 Å². The quantitative estimate of drug-likeness (QED) is 0.419. The normalized spacial score (nSPS) is 24.0. The van der Waals surface area contributed by atoms with Crippen molar-refractivity contribution in [1.82, 2.24) is 4.90 Å². The third kappa shape index (κ3) is 3.77.